The van der Waals surface area contributed by atoms with Crippen molar-refractivity contribution in [1.29, 1.82) is 0 Å². The summed E-state index contributed by atoms with van der Waals surface area (Å²) in [6, 6.07) is 16.0. The van der Waals surface area contributed by atoms with Gasteiger partial charge in [0, 0.05) is 15.7 Å². The fourth-order valence-electron chi connectivity index (χ4n) is 1.45. The maximum atomic E-state index is 5.92. The van der Waals surface area contributed by atoms with Crippen LogP contribution in [0.25, 0.3) is 11.1 Å². The van der Waals surface area contributed by atoms with E-state index in [1.54, 1.807) is 0 Å². The molecule has 70 valence electrons. The van der Waals surface area contributed by atoms with Gasteiger partial charge in [-0.15, -0.1) is 0 Å². The highest BCUT2D eigenvalue weighted by molar-refractivity contribution is 9.10. The minimum absolute atomic E-state index is 0.797. The van der Waals surface area contributed by atoms with Gasteiger partial charge in [-0.3, -0.25) is 0 Å². The van der Waals surface area contributed by atoms with Crippen molar-refractivity contribution in [1.82, 2.24) is 0 Å². The summed E-state index contributed by atoms with van der Waals surface area (Å²) in [7, 11) is 0. The standard InChI is InChI=1S/C12H10BrN/c13-10-7-4-8-11(14)12(10)9-5-2-1-3-6-9/h1-8H,14H2. The zero-order valence-corrected chi connectivity index (χ0v) is 9.16. The van der Waals surface area contributed by atoms with E-state index >= 15 is 0 Å². The van der Waals surface area contributed by atoms with Crippen LogP contribution in [0.4, 0.5) is 5.69 Å². The highest BCUT2D eigenvalue weighted by atomic mass is 79.9. The summed E-state index contributed by atoms with van der Waals surface area (Å²) in [4.78, 5) is 0. The van der Waals surface area contributed by atoms with E-state index in [1.807, 2.05) is 36.4 Å². The molecule has 0 aromatic heterocycles. The molecule has 0 atom stereocenters. The molecular weight excluding hydrogens is 238 g/mol. The molecule has 2 heteroatoms. The molecule has 0 aliphatic rings. The topological polar surface area (TPSA) is 26.0 Å². The number of anilines is 1. The van der Waals surface area contributed by atoms with E-state index in [-0.39, 0.29) is 0 Å². The van der Waals surface area contributed by atoms with Gasteiger partial charge >= 0.3 is 0 Å². The second-order valence-electron chi connectivity index (χ2n) is 3.07. The molecular formula is C12H10BrN. The number of benzene rings is 2. The predicted molar refractivity (Wildman–Crippen MR) is 64.0 cm³/mol. The molecule has 2 aromatic rings. The van der Waals surface area contributed by atoms with Gasteiger partial charge in [-0.2, -0.15) is 0 Å². The molecule has 0 saturated heterocycles. The lowest BCUT2D eigenvalue weighted by atomic mass is 10.0. The number of hydrogen-bond acceptors (Lipinski definition) is 1. The van der Waals surface area contributed by atoms with Crippen LogP contribution in [0.3, 0.4) is 0 Å². The van der Waals surface area contributed by atoms with Crippen molar-refractivity contribution in [3.05, 3.63) is 53.0 Å². The van der Waals surface area contributed by atoms with Crippen molar-refractivity contribution in [3.63, 3.8) is 0 Å². The molecule has 0 aliphatic heterocycles. The molecule has 0 heterocycles. The van der Waals surface area contributed by atoms with Crippen molar-refractivity contribution in [2.75, 3.05) is 5.73 Å². The van der Waals surface area contributed by atoms with Crippen LogP contribution >= 0.6 is 15.9 Å². The van der Waals surface area contributed by atoms with Crippen molar-refractivity contribution in [2.24, 2.45) is 0 Å². The molecule has 0 spiro atoms. The number of nitrogen functional groups attached to an aromatic ring is 1. The smallest absolute Gasteiger partial charge is 0.0405 e. The van der Waals surface area contributed by atoms with Gasteiger partial charge in [0.1, 0.15) is 0 Å². The van der Waals surface area contributed by atoms with E-state index in [0.717, 1.165) is 21.3 Å². The molecule has 1 nitrogen and oxygen atoms in total. The Balaban J connectivity index is 2.63. The fourth-order valence-corrected chi connectivity index (χ4v) is 2.06. The minimum atomic E-state index is 0.797. The Morgan fingerprint density at radius 1 is 0.857 bits per heavy atom. The maximum absolute atomic E-state index is 5.92. The Morgan fingerprint density at radius 2 is 1.57 bits per heavy atom. The van der Waals surface area contributed by atoms with Gasteiger partial charge in [-0.05, 0) is 17.7 Å². The zero-order chi connectivity index (χ0) is 9.97. The largest absolute Gasteiger partial charge is 0.398 e. The number of rotatable bonds is 1. The Morgan fingerprint density at radius 3 is 2.21 bits per heavy atom. The van der Waals surface area contributed by atoms with Gasteiger partial charge in [-0.1, -0.05) is 52.3 Å². The highest BCUT2D eigenvalue weighted by Gasteiger charge is 2.05. The second kappa shape index (κ2) is 3.84. The molecule has 0 amide bonds. The quantitative estimate of drug-likeness (QED) is 0.765. The summed E-state index contributed by atoms with van der Waals surface area (Å²) in [5, 5.41) is 0. The first-order valence-electron chi connectivity index (χ1n) is 4.38. The monoisotopic (exact) mass is 247 g/mol. The third-order valence-corrected chi connectivity index (χ3v) is 2.77. The van der Waals surface area contributed by atoms with Crippen LogP contribution in [0.2, 0.25) is 0 Å². The van der Waals surface area contributed by atoms with E-state index in [0.29, 0.717) is 0 Å². The van der Waals surface area contributed by atoms with Crippen LogP contribution < -0.4 is 5.73 Å². The molecule has 0 radical (unpaired) electrons. The minimum Gasteiger partial charge on any atom is -0.398 e. The van der Waals surface area contributed by atoms with Gasteiger partial charge in [0.15, 0.2) is 0 Å². The van der Waals surface area contributed by atoms with Crippen LogP contribution in [0, 0.1) is 0 Å². The van der Waals surface area contributed by atoms with E-state index in [9.17, 15) is 0 Å². The normalized spacial score (nSPS) is 10.1. The van der Waals surface area contributed by atoms with Gasteiger partial charge < -0.3 is 5.73 Å². The summed E-state index contributed by atoms with van der Waals surface area (Å²) < 4.78 is 1.03. The number of halogens is 1. The summed E-state index contributed by atoms with van der Waals surface area (Å²) >= 11 is 3.50. The van der Waals surface area contributed by atoms with Gasteiger partial charge in [0.25, 0.3) is 0 Å². The van der Waals surface area contributed by atoms with Crippen molar-refractivity contribution >= 4 is 21.6 Å². The zero-order valence-electron chi connectivity index (χ0n) is 7.57. The lowest BCUT2D eigenvalue weighted by Crippen LogP contribution is -1.90. The lowest BCUT2D eigenvalue weighted by Gasteiger charge is -2.07. The Labute approximate surface area is 91.7 Å². The van der Waals surface area contributed by atoms with E-state index in [2.05, 4.69) is 28.1 Å². The van der Waals surface area contributed by atoms with Crippen molar-refractivity contribution in [3.8, 4) is 11.1 Å². The van der Waals surface area contributed by atoms with E-state index in [4.69, 9.17) is 5.73 Å². The maximum Gasteiger partial charge on any atom is 0.0405 e. The molecule has 0 bridgehead atoms. The highest BCUT2D eigenvalue weighted by Crippen LogP contribution is 2.32. The van der Waals surface area contributed by atoms with Crippen molar-refractivity contribution in [2.45, 2.75) is 0 Å². The molecule has 2 N–H and O–H groups in total. The molecule has 2 rings (SSSR count). The van der Waals surface area contributed by atoms with Crippen molar-refractivity contribution < 1.29 is 0 Å². The Hall–Kier alpha value is -1.28. The Bertz CT molecular complexity index is 417. The predicted octanol–water partition coefficient (Wildman–Crippen LogP) is 3.70. The molecule has 14 heavy (non-hydrogen) atoms. The van der Waals surface area contributed by atoms with Crippen LogP contribution in [0.5, 0.6) is 0 Å². The lowest BCUT2D eigenvalue weighted by molar-refractivity contribution is 1.58. The van der Waals surface area contributed by atoms with E-state index < -0.39 is 0 Å². The van der Waals surface area contributed by atoms with Crippen LogP contribution in [-0.4, -0.2) is 0 Å². The summed E-state index contributed by atoms with van der Waals surface area (Å²) in [6.07, 6.45) is 0. The SMILES string of the molecule is Nc1cccc(Br)c1-c1ccccc1. The average Bonchev–Trinajstić information content (AvgIpc) is 2.19. The van der Waals surface area contributed by atoms with Crippen LogP contribution in [-0.2, 0) is 0 Å². The first kappa shape index (κ1) is 9.28. The number of hydrogen-bond donors (Lipinski definition) is 1. The summed E-state index contributed by atoms with van der Waals surface area (Å²) in [5.41, 5.74) is 8.92. The van der Waals surface area contributed by atoms with E-state index in [1.165, 1.54) is 0 Å². The van der Waals surface area contributed by atoms with Crippen LogP contribution in [0.1, 0.15) is 0 Å². The third-order valence-electron chi connectivity index (χ3n) is 2.11. The summed E-state index contributed by atoms with van der Waals surface area (Å²) in [5.74, 6) is 0. The molecule has 0 aliphatic carbocycles. The molecule has 0 fully saturated rings. The van der Waals surface area contributed by atoms with Crippen LogP contribution in [0.15, 0.2) is 53.0 Å². The van der Waals surface area contributed by atoms with Gasteiger partial charge in [-0.25, -0.2) is 0 Å². The Kier molecular flexibility index (Phi) is 2.55. The summed E-state index contributed by atoms with van der Waals surface area (Å²) in [6.45, 7) is 0. The first-order chi connectivity index (χ1) is 6.79. The van der Waals surface area contributed by atoms with Gasteiger partial charge in [0.05, 0.1) is 0 Å². The number of nitrogens with two attached hydrogens (primary N) is 1. The third kappa shape index (κ3) is 1.66. The van der Waals surface area contributed by atoms with Gasteiger partial charge in [0.2, 0.25) is 0 Å². The fraction of sp³-hybridized carbons (Fsp3) is 0. The molecule has 0 unspecified atom stereocenters. The second-order valence-corrected chi connectivity index (χ2v) is 3.92. The molecule has 0 saturated carbocycles. The average molecular weight is 248 g/mol. The molecule has 2 aromatic carbocycles. The first-order valence-corrected chi connectivity index (χ1v) is 5.18.